The molecule has 0 aromatic carbocycles. The fourth-order valence-electron chi connectivity index (χ4n) is 6.33. The van der Waals surface area contributed by atoms with Gasteiger partial charge in [0.15, 0.2) is 5.82 Å². The minimum Gasteiger partial charge on any atom is -0.461 e. The Bertz CT molecular complexity index is 1630. The van der Waals surface area contributed by atoms with Gasteiger partial charge in [0.25, 0.3) is 0 Å². The minimum absolute atomic E-state index is 0.0211. The van der Waals surface area contributed by atoms with Gasteiger partial charge in [-0.3, -0.25) is 14.7 Å². The van der Waals surface area contributed by atoms with E-state index in [1.165, 1.54) is 15.9 Å². The number of piperazine rings is 1. The topological polar surface area (TPSA) is 128 Å². The first-order valence-corrected chi connectivity index (χ1v) is 15.8. The van der Waals surface area contributed by atoms with Crippen LogP contribution in [-0.4, -0.2) is 99.9 Å². The summed E-state index contributed by atoms with van der Waals surface area (Å²) < 4.78 is 82.2. The molecule has 0 bridgehead atoms. The van der Waals surface area contributed by atoms with Gasteiger partial charge in [0.2, 0.25) is 5.91 Å². The van der Waals surface area contributed by atoms with Crippen LogP contribution in [0.5, 0.6) is 6.01 Å². The van der Waals surface area contributed by atoms with Gasteiger partial charge < -0.3 is 24.2 Å². The number of aromatic nitrogens is 3. The van der Waals surface area contributed by atoms with E-state index in [0.717, 1.165) is 6.20 Å². The molecule has 2 amide bonds. The highest BCUT2D eigenvalue weighted by atomic mass is 19.4. The zero-order valence-corrected chi connectivity index (χ0v) is 27.3. The molecule has 2 aromatic rings. The van der Waals surface area contributed by atoms with E-state index in [9.17, 15) is 36.8 Å². The van der Waals surface area contributed by atoms with Crippen molar-refractivity contribution < 1.29 is 41.0 Å². The summed E-state index contributed by atoms with van der Waals surface area (Å²) in [5.74, 6) is -1.43. The number of nitrogens with zero attached hydrogens (tertiary/aromatic N) is 8. The van der Waals surface area contributed by atoms with Crippen molar-refractivity contribution in [3.05, 3.63) is 47.7 Å². The number of anilines is 2. The van der Waals surface area contributed by atoms with Crippen LogP contribution in [0.25, 0.3) is 0 Å². The number of amides is 2. The lowest BCUT2D eigenvalue weighted by atomic mass is 10.0. The molecule has 0 radical (unpaired) electrons. The van der Waals surface area contributed by atoms with Gasteiger partial charge in [0.05, 0.1) is 61.4 Å². The molecule has 5 rings (SSSR count). The van der Waals surface area contributed by atoms with E-state index in [1.54, 1.807) is 25.7 Å². The zero-order valence-electron chi connectivity index (χ0n) is 27.3. The molecule has 2 aromatic heterocycles. The number of carbonyl (C=O) groups excluding carboxylic acids is 2. The Morgan fingerprint density at radius 3 is 2.51 bits per heavy atom. The van der Waals surface area contributed by atoms with Crippen LogP contribution >= 0.6 is 0 Å². The van der Waals surface area contributed by atoms with Crippen molar-refractivity contribution >= 4 is 23.5 Å². The molecule has 0 unspecified atom stereocenters. The van der Waals surface area contributed by atoms with Crippen molar-refractivity contribution in [2.45, 2.75) is 76.6 Å². The number of hydrogen-bond donors (Lipinski definition) is 0. The van der Waals surface area contributed by atoms with E-state index in [2.05, 4.69) is 27.6 Å². The summed E-state index contributed by atoms with van der Waals surface area (Å²) in [6.07, 6.45) is -4.18. The molecule has 12 nitrogen and oxygen atoms in total. The summed E-state index contributed by atoms with van der Waals surface area (Å²) in [7, 11) is 0. The zero-order chi connectivity index (χ0) is 35.7. The van der Waals surface area contributed by atoms with Crippen molar-refractivity contribution in [3.63, 3.8) is 0 Å². The van der Waals surface area contributed by atoms with Crippen LogP contribution in [0.3, 0.4) is 0 Å². The molecule has 49 heavy (non-hydrogen) atoms. The van der Waals surface area contributed by atoms with E-state index in [-0.39, 0.29) is 70.5 Å². The number of likely N-dealkylation sites (tertiary alicyclic amines) is 1. The second-order valence-corrected chi connectivity index (χ2v) is 13.1. The first kappa shape index (κ1) is 35.6. The van der Waals surface area contributed by atoms with Crippen molar-refractivity contribution in [1.82, 2.24) is 24.8 Å². The van der Waals surface area contributed by atoms with Gasteiger partial charge in [-0.1, -0.05) is 6.58 Å². The molecule has 0 N–H and O–H groups in total. The smallest absolute Gasteiger partial charge is 0.421 e. The Morgan fingerprint density at radius 2 is 1.84 bits per heavy atom. The maximum Gasteiger partial charge on any atom is 0.421 e. The van der Waals surface area contributed by atoms with Crippen LogP contribution in [0.2, 0.25) is 0 Å². The molecule has 2 fully saturated rings. The number of halogens is 5. The van der Waals surface area contributed by atoms with E-state index in [1.807, 2.05) is 4.90 Å². The fraction of sp³-hybridized carbons (Fsp3) is 0.562. The van der Waals surface area contributed by atoms with Gasteiger partial charge in [-0.15, -0.1) is 0 Å². The first-order valence-electron chi connectivity index (χ1n) is 15.8. The lowest BCUT2D eigenvalue weighted by molar-refractivity contribution is -0.139. The van der Waals surface area contributed by atoms with Crippen molar-refractivity contribution in [2.24, 2.45) is 0 Å². The first-order chi connectivity index (χ1) is 23.1. The minimum atomic E-state index is -4.98. The van der Waals surface area contributed by atoms with E-state index >= 15 is 0 Å². The third-order valence-electron chi connectivity index (χ3n) is 8.49. The molecule has 264 valence electrons. The van der Waals surface area contributed by atoms with Gasteiger partial charge in [-0.2, -0.15) is 28.4 Å². The SMILES string of the molecule is C=CC(=O)N1CCN(c2nc(OC[C@@H]3C[C@@H](F)CN3C(=O)OC(C)(C)C)nc3c2CCN(c2cncc(F)c2C(F)(F)F)C3)C[C@@H]1CC#N. The highest BCUT2D eigenvalue weighted by molar-refractivity contribution is 5.87. The molecular weight excluding hydrogens is 655 g/mol. The lowest BCUT2D eigenvalue weighted by Gasteiger charge is -2.42. The second-order valence-electron chi connectivity index (χ2n) is 13.1. The number of nitriles is 1. The molecular formula is C32H37F5N8O4. The standard InChI is InChI=1S/C32H37F5N8O4/c1-5-26(46)44-11-10-43(16-20(44)6-8-38)28-22-7-9-42(25-14-39-13-23(34)27(25)32(35,36)37)17-24(22)40-29(41-28)48-18-21-12-19(33)15-45(21)30(47)49-31(2,3)4/h5,13-14,19-21H,1,6-7,9-12,15-18H2,2-4H3/t19-,20+,21+/m1/s1. The monoisotopic (exact) mass is 692 g/mol. The Morgan fingerprint density at radius 1 is 1.08 bits per heavy atom. The molecule has 3 aliphatic rings. The van der Waals surface area contributed by atoms with Crippen LogP contribution in [0.4, 0.5) is 38.3 Å². The Balaban J connectivity index is 1.48. The van der Waals surface area contributed by atoms with Gasteiger partial charge in [0, 0.05) is 38.2 Å². The van der Waals surface area contributed by atoms with Gasteiger partial charge >= 0.3 is 18.3 Å². The molecule has 17 heteroatoms. The summed E-state index contributed by atoms with van der Waals surface area (Å²) >= 11 is 0. The maximum atomic E-state index is 14.5. The summed E-state index contributed by atoms with van der Waals surface area (Å²) in [5.41, 5.74) is -1.78. The summed E-state index contributed by atoms with van der Waals surface area (Å²) in [6, 6.07) is 0.708. The highest BCUT2D eigenvalue weighted by Crippen LogP contribution is 2.40. The Kier molecular flexibility index (Phi) is 10.2. The Hall–Kier alpha value is -4.75. The third-order valence-corrected chi connectivity index (χ3v) is 8.49. The van der Waals surface area contributed by atoms with Crippen LogP contribution in [-0.2, 0) is 28.7 Å². The number of ether oxygens (including phenoxy) is 2. The molecule has 2 saturated heterocycles. The number of carbonyl (C=O) groups is 2. The summed E-state index contributed by atoms with van der Waals surface area (Å²) in [6.45, 7) is 8.87. The summed E-state index contributed by atoms with van der Waals surface area (Å²) in [4.78, 5) is 44.2. The van der Waals surface area contributed by atoms with Crippen LogP contribution in [0.1, 0.15) is 50.4 Å². The maximum absolute atomic E-state index is 14.5. The molecule has 0 saturated carbocycles. The van der Waals surface area contributed by atoms with E-state index < -0.39 is 53.2 Å². The van der Waals surface area contributed by atoms with Gasteiger partial charge in [-0.05, 0) is 33.3 Å². The number of fused-ring (bicyclic) bond motifs is 1. The third kappa shape index (κ3) is 7.94. The van der Waals surface area contributed by atoms with Crippen molar-refractivity contribution in [2.75, 3.05) is 49.1 Å². The number of alkyl halides is 4. The van der Waals surface area contributed by atoms with Gasteiger partial charge in [0.1, 0.15) is 29.8 Å². The predicted octanol–water partition coefficient (Wildman–Crippen LogP) is 4.44. The molecule has 5 heterocycles. The highest BCUT2D eigenvalue weighted by Gasteiger charge is 2.41. The van der Waals surface area contributed by atoms with Crippen LogP contribution < -0.4 is 14.5 Å². The van der Waals surface area contributed by atoms with Gasteiger partial charge in [-0.25, -0.2) is 13.6 Å². The average molecular weight is 693 g/mol. The van der Waals surface area contributed by atoms with Crippen molar-refractivity contribution in [3.8, 4) is 12.1 Å². The molecule has 3 atom stereocenters. The molecule has 0 aliphatic carbocycles. The number of rotatable bonds is 7. The Labute approximate surface area is 280 Å². The molecule has 0 spiro atoms. The van der Waals surface area contributed by atoms with E-state index in [4.69, 9.17) is 9.47 Å². The average Bonchev–Trinajstić information content (AvgIpc) is 3.41. The summed E-state index contributed by atoms with van der Waals surface area (Å²) in [5, 5.41) is 9.48. The van der Waals surface area contributed by atoms with Crippen LogP contribution in [0.15, 0.2) is 25.0 Å². The number of hydrogen-bond acceptors (Lipinski definition) is 10. The number of pyridine rings is 1. The normalized spacial score (nSPS) is 21.2. The van der Waals surface area contributed by atoms with E-state index in [0.29, 0.717) is 29.8 Å². The predicted molar refractivity (Wildman–Crippen MR) is 166 cm³/mol. The van der Waals surface area contributed by atoms with Crippen molar-refractivity contribution in [1.29, 1.82) is 5.26 Å². The quantitative estimate of drug-likeness (QED) is 0.304. The fourth-order valence-corrected chi connectivity index (χ4v) is 6.33. The van der Waals surface area contributed by atoms with Crippen LogP contribution in [0, 0.1) is 17.1 Å². The lowest BCUT2D eigenvalue weighted by Crippen LogP contribution is -2.55. The largest absolute Gasteiger partial charge is 0.461 e. The molecule has 3 aliphatic heterocycles. The second kappa shape index (κ2) is 14.0.